The normalized spacial score (nSPS) is 15.0. The van der Waals surface area contributed by atoms with Crippen molar-refractivity contribution >= 4 is 34.2 Å². The lowest BCUT2D eigenvalue weighted by molar-refractivity contribution is 0.0731. The number of piperidine rings is 1. The fourth-order valence-corrected chi connectivity index (χ4v) is 4.28. The molecule has 1 aliphatic rings. The number of likely N-dealkylation sites (tertiary alicyclic amines) is 1. The summed E-state index contributed by atoms with van der Waals surface area (Å²) in [5.74, 6) is 0.226. The van der Waals surface area contributed by atoms with Gasteiger partial charge in [-0.1, -0.05) is 36.4 Å². The van der Waals surface area contributed by atoms with E-state index in [0.29, 0.717) is 24.5 Å². The number of esters is 1. The second-order valence-corrected chi connectivity index (χ2v) is 7.37. The summed E-state index contributed by atoms with van der Waals surface area (Å²) in [6.07, 6.45) is 0.557. The summed E-state index contributed by atoms with van der Waals surface area (Å²) in [4.78, 5) is 29.4. The van der Waals surface area contributed by atoms with E-state index in [1.807, 2.05) is 36.4 Å². The average Bonchev–Trinajstić information content (AvgIpc) is 3.19. The smallest absolute Gasteiger partial charge is 0.407 e. The number of ether oxygens (including phenoxy) is 1. The lowest BCUT2D eigenvalue weighted by Gasteiger charge is -2.28. The summed E-state index contributed by atoms with van der Waals surface area (Å²) in [6.45, 7) is 0.991. The van der Waals surface area contributed by atoms with Crippen molar-refractivity contribution in [1.82, 2.24) is 9.88 Å². The molecule has 0 aliphatic carbocycles. The largest absolute Gasteiger partial charge is 0.465 e. The van der Waals surface area contributed by atoms with Gasteiger partial charge in [-0.2, -0.15) is 0 Å². The van der Waals surface area contributed by atoms with E-state index in [0.717, 1.165) is 28.6 Å². The third-order valence-corrected chi connectivity index (χ3v) is 5.81. The molecule has 1 fully saturated rings. The van der Waals surface area contributed by atoms with Gasteiger partial charge in [0.1, 0.15) is 5.75 Å². The molecular weight excluding hydrogens is 364 g/mol. The van der Waals surface area contributed by atoms with Gasteiger partial charge in [-0.05, 0) is 24.3 Å². The molecule has 0 atom stereocenters. The fraction of sp³-hybridized carbons (Fsp3) is 0.250. The van der Waals surface area contributed by atoms with E-state index < -0.39 is 12.1 Å². The number of amides is 1. The number of benzene rings is 2. The van der Waals surface area contributed by atoms with Crippen LogP contribution in [-0.2, 0) is 0 Å². The van der Waals surface area contributed by atoms with E-state index in [1.54, 1.807) is 11.4 Å². The molecule has 2 heterocycles. The molecule has 1 aromatic heterocycles. The summed E-state index contributed by atoms with van der Waals surface area (Å²) < 4.78 is 5.58. The quantitative estimate of drug-likeness (QED) is 0.537. The minimum atomic E-state index is -0.882. The highest BCUT2D eigenvalue weighted by Gasteiger charge is 2.26. The summed E-state index contributed by atoms with van der Waals surface area (Å²) >= 11 is 1.43. The van der Waals surface area contributed by atoms with Crippen LogP contribution in [0, 0.1) is 0 Å². The van der Waals surface area contributed by atoms with Crippen molar-refractivity contribution in [2.24, 2.45) is 0 Å². The van der Waals surface area contributed by atoms with Crippen LogP contribution in [0.15, 0.2) is 47.8 Å². The van der Waals surface area contributed by atoms with E-state index in [2.05, 4.69) is 4.98 Å². The fourth-order valence-electron chi connectivity index (χ4n) is 3.32. The lowest BCUT2D eigenvalue weighted by Crippen LogP contribution is -2.36. The Balaban J connectivity index is 1.47. The highest BCUT2D eigenvalue weighted by molar-refractivity contribution is 7.09. The number of rotatable bonds is 3. The molecule has 3 aromatic rings. The molecule has 138 valence electrons. The molecule has 6 nitrogen and oxygen atoms in total. The molecule has 0 bridgehead atoms. The number of carbonyl (C=O) groups excluding carboxylic acids is 1. The minimum absolute atomic E-state index is 0.185. The molecule has 1 amide bonds. The first-order chi connectivity index (χ1) is 13.1. The van der Waals surface area contributed by atoms with Gasteiger partial charge >= 0.3 is 12.1 Å². The lowest BCUT2D eigenvalue weighted by atomic mass is 9.98. The number of hydrogen-bond acceptors (Lipinski definition) is 5. The number of thiazole rings is 1. The highest BCUT2D eigenvalue weighted by atomic mass is 32.1. The molecule has 0 saturated carbocycles. The van der Waals surface area contributed by atoms with Gasteiger partial charge in [0.15, 0.2) is 5.69 Å². The van der Waals surface area contributed by atoms with Crippen molar-refractivity contribution < 1.29 is 19.4 Å². The maximum Gasteiger partial charge on any atom is 0.407 e. The van der Waals surface area contributed by atoms with Crippen LogP contribution < -0.4 is 4.74 Å². The third kappa shape index (κ3) is 3.64. The third-order valence-electron chi connectivity index (χ3n) is 4.80. The zero-order valence-corrected chi connectivity index (χ0v) is 15.3. The Hall–Kier alpha value is -2.93. The number of carboxylic acid groups (broad SMARTS) is 1. The van der Waals surface area contributed by atoms with Crippen LogP contribution in [0.5, 0.6) is 5.75 Å². The summed E-state index contributed by atoms with van der Waals surface area (Å²) in [5, 5.41) is 13.5. The predicted molar refractivity (Wildman–Crippen MR) is 103 cm³/mol. The molecule has 2 aromatic carbocycles. The van der Waals surface area contributed by atoms with Gasteiger partial charge in [0.05, 0.1) is 5.01 Å². The predicted octanol–water partition coefficient (Wildman–Crippen LogP) is 4.37. The van der Waals surface area contributed by atoms with Crippen molar-refractivity contribution in [2.75, 3.05) is 13.1 Å². The minimum Gasteiger partial charge on any atom is -0.465 e. The number of nitrogens with zero attached hydrogens (tertiary/aromatic N) is 2. The van der Waals surface area contributed by atoms with E-state index in [-0.39, 0.29) is 5.92 Å². The maximum absolute atomic E-state index is 12.5. The molecule has 1 aliphatic heterocycles. The standard InChI is InChI=1S/C20H18N2O4S/c23-19(26-17-7-3-5-13-4-1-2-6-15(13)17)16-12-27-18(21-16)14-8-10-22(11-9-14)20(24)25/h1-7,12,14H,8-11H2,(H,24,25). The van der Waals surface area contributed by atoms with E-state index in [9.17, 15) is 9.59 Å². The van der Waals surface area contributed by atoms with Crippen LogP contribution in [-0.4, -0.2) is 40.1 Å². The SMILES string of the molecule is O=C(Oc1cccc2ccccc12)c1csc(C2CCN(C(=O)O)CC2)n1. The van der Waals surface area contributed by atoms with Crippen LogP contribution in [0.1, 0.15) is 34.3 Å². The van der Waals surface area contributed by atoms with Crippen LogP contribution in [0.25, 0.3) is 10.8 Å². The second kappa shape index (κ2) is 7.36. The molecule has 1 saturated heterocycles. The van der Waals surface area contributed by atoms with E-state index >= 15 is 0 Å². The van der Waals surface area contributed by atoms with Crippen molar-refractivity contribution in [3.8, 4) is 5.75 Å². The molecule has 4 rings (SSSR count). The van der Waals surface area contributed by atoms with Crippen LogP contribution >= 0.6 is 11.3 Å². The molecule has 0 unspecified atom stereocenters. The number of aromatic nitrogens is 1. The Morgan fingerprint density at radius 3 is 2.63 bits per heavy atom. The van der Waals surface area contributed by atoms with Crippen LogP contribution in [0.2, 0.25) is 0 Å². The molecule has 7 heteroatoms. The van der Waals surface area contributed by atoms with Gasteiger partial charge in [0.2, 0.25) is 0 Å². The van der Waals surface area contributed by atoms with Gasteiger partial charge < -0.3 is 14.7 Å². The van der Waals surface area contributed by atoms with Gasteiger partial charge in [0, 0.05) is 29.8 Å². The first-order valence-corrected chi connectivity index (χ1v) is 9.63. The van der Waals surface area contributed by atoms with Gasteiger partial charge in [-0.15, -0.1) is 11.3 Å². The average molecular weight is 382 g/mol. The molecule has 1 N–H and O–H groups in total. The maximum atomic E-state index is 12.5. The van der Waals surface area contributed by atoms with Crippen molar-refractivity contribution in [3.63, 3.8) is 0 Å². The Kier molecular flexibility index (Phi) is 4.77. The van der Waals surface area contributed by atoms with E-state index in [1.165, 1.54) is 16.2 Å². The van der Waals surface area contributed by atoms with Crippen LogP contribution in [0.4, 0.5) is 4.79 Å². The summed E-state index contributed by atoms with van der Waals surface area (Å²) in [7, 11) is 0. The molecule has 0 spiro atoms. The van der Waals surface area contributed by atoms with Crippen molar-refractivity contribution in [1.29, 1.82) is 0 Å². The number of carbonyl (C=O) groups is 2. The van der Waals surface area contributed by atoms with Crippen molar-refractivity contribution in [3.05, 3.63) is 58.5 Å². The Labute approximate surface area is 160 Å². The molecule has 27 heavy (non-hydrogen) atoms. The zero-order valence-electron chi connectivity index (χ0n) is 14.5. The molecule has 0 radical (unpaired) electrons. The first kappa shape index (κ1) is 17.5. The van der Waals surface area contributed by atoms with Crippen LogP contribution in [0.3, 0.4) is 0 Å². The monoisotopic (exact) mass is 382 g/mol. The Morgan fingerprint density at radius 1 is 1.11 bits per heavy atom. The van der Waals surface area contributed by atoms with Gasteiger partial charge in [0.25, 0.3) is 0 Å². The van der Waals surface area contributed by atoms with Gasteiger partial charge in [-0.3, -0.25) is 0 Å². The second-order valence-electron chi connectivity index (χ2n) is 6.48. The van der Waals surface area contributed by atoms with Gasteiger partial charge in [-0.25, -0.2) is 14.6 Å². The zero-order chi connectivity index (χ0) is 18.8. The Bertz CT molecular complexity index is 987. The number of hydrogen-bond donors (Lipinski definition) is 1. The topological polar surface area (TPSA) is 79.7 Å². The Morgan fingerprint density at radius 2 is 1.85 bits per heavy atom. The summed E-state index contributed by atoms with van der Waals surface area (Å²) in [5.41, 5.74) is 0.295. The van der Waals surface area contributed by atoms with Crippen molar-refractivity contribution in [2.45, 2.75) is 18.8 Å². The first-order valence-electron chi connectivity index (χ1n) is 8.75. The number of fused-ring (bicyclic) bond motifs is 1. The van der Waals surface area contributed by atoms with E-state index in [4.69, 9.17) is 9.84 Å². The highest BCUT2D eigenvalue weighted by Crippen LogP contribution is 2.31. The molecular formula is C20H18N2O4S. The summed E-state index contributed by atoms with van der Waals surface area (Å²) in [6, 6.07) is 13.3.